The molecular weight excluding hydrogens is 467 g/mol. The summed E-state index contributed by atoms with van der Waals surface area (Å²) < 4.78 is 5.17. The molecule has 26 heavy (non-hydrogen) atoms. The van der Waals surface area contributed by atoms with Crippen LogP contribution in [0.2, 0.25) is 0 Å². The first-order valence-corrected chi connectivity index (χ1v) is 9.32. The monoisotopic (exact) mass is 498 g/mol. The van der Waals surface area contributed by atoms with Gasteiger partial charge in [-0.3, -0.25) is 0 Å². The van der Waals surface area contributed by atoms with E-state index in [2.05, 4.69) is 20.9 Å². The Kier molecular flexibility index (Phi) is 11.1. The SMILES string of the molecule is CCNC(=NCC(C)(O)c1ccsc1)NCCNC(=O)OC(C)(C)C.I. The third kappa shape index (κ3) is 10.2. The topological polar surface area (TPSA) is 95.0 Å². The van der Waals surface area contributed by atoms with Gasteiger partial charge in [0.1, 0.15) is 11.2 Å². The van der Waals surface area contributed by atoms with E-state index in [1.54, 1.807) is 18.3 Å². The highest BCUT2D eigenvalue weighted by Gasteiger charge is 2.23. The number of guanidine groups is 1. The van der Waals surface area contributed by atoms with Gasteiger partial charge in [0.2, 0.25) is 0 Å². The molecule has 1 amide bonds. The maximum atomic E-state index is 11.6. The van der Waals surface area contributed by atoms with Gasteiger partial charge in [0, 0.05) is 19.6 Å². The summed E-state index contributed by atoms with van der Waals surface area (Å²) in [5, 5.41) is 23.3. The summed E-state index contributed by atoms with van der Waals surface area (Å²) in [6.07, 6.45) is -0.448. The number of hydrogen-bond acceptors (Lipinski definition) is 5. The summed E-state index contributed by atoms with van der Waals surface area (Å²) in [7, 11) is 0. The van der Waals surface area contributed by atoms with E-state index < -0.39 is 17.3 Å². The normalized spacial score (nSPS) is 14.0. The second-order valence-corrected chi connectivity index (χ2v) is 7.62. The van der Waals surface area contributed by atoms with Crippen molar-refractivity contribution < 1.29 is 14.6 Å². The third-order valence-corrected chi connectivity index (χ3v) is 3.80. The van der Waals surface area contributed by atoms with Crippen LogP contribution >= 0.6 is 35.3 Å². The van der Waals surface area contributed by atoms with Crippen molar-refractivity contribution in [2.45, 2.75) is 45.8 Å². The van der Waals surface area contributed by atoms with Gasteiger partial charge in [-0.05, 0) is 57.0 Å². The molecule has 1 atom stereocenters. The first-order valence-electron chi connectivity index (χ1n) is 8.38. The summed E-state index contributed by atoms with van der Waals surface area (Å²) in [6.45, 7) is 11.0. The molecule has 150 valence electrons. The molecule has 0 saturated carbocycles. The summed E-state index contributed by atoms with van der Waals surface area (Å²) in [5.41, 5.74) is -0.679. The molecule has 0 spiro atoms. The van der Waals surface area contributed by atoms with Gasteiger partial charge in [-0.25, -0.2) is 9.79 Å². The number of amides is 1. The number of thiophene rings is 1. The zero-order valence-electron chi connectivity index (χ0n) is 16.1. The van der Waals surface area contributed by atoms with Crippen LogP contribution in [-0.4, -0.2) is 48.9 Å². The first kappa shape index (κ1) is 24.9. The van der Waals surface area contributed by atoms with Crippen LogP contribution < -0.4 is 16.0 Å². The summed E-state index contributed by atoms with van der Waals surface area (Å²) in [5.74, 6) is 0.587. The lowest BCUT2D eigenvalue weighted by molar-refractivity contribution is 0.0528. The van der Waals surface area contributed by atoms with Gasteiger partial charge >= 0.3 is 6.09 Å². The van der Waals surface area contributed by atoms with Gasteiger partial charge < -0.3 is 25.8 Å². The highest BCUT2D eigenvalue weighted by atomic mass is 127. The van der Waals surface area contributed by atoms with Crippen molar-refractivity contribution in [3.8, 4) is 0 Å². The van der Waals surface area contributed by atoms with E-state index in [-0.39, 0.29) is 30.5 Å². The summed E-state index contributed by atoms with van der Waals surface area (Å²) >= 11 is 1.54. The van der Waals surface area contributed by atoms with Gasteiger partial charge in [0.05, 0.1) is 6.54 Å². The zero-order chi connectivity index (χ0) is 18.9. The molecule has 0 aliphatic heterocycles. The van der Waals surface area contributed by atoms with Gasteiger partial charge in [0.25, 0.3) is 0 Å². The lowest BCUT2D eigenvalue weighted by Gasteiger charge is -2.21. The second kappa shape index (κ2) is 11.6. The smallest absolute Gasteiger partial charge is 0.407 e. The number of nitrogens with one attached hydrogen (secondary N) is 3. The Morgan fingerprint density at radius 3 is 2.42 bits per heavy atom. The molecule has 1 heterocycles. The van der Waals surface area contributed by atoms with Crippen LogP contribution in [0.1, 0.15) is 40.2 Å². The number of ether oxygens (including phenoxy) is 1. The van der Waals surface area contributed by atoms with Crippen molar-refractivity contribution in [3.63, 3.8) is 0 Å². The van der Waals surface area contributed by atoms with Crippen LogP contribution in [0.25, 0.3) is 0 Å². The minimum absolute atomic E-state index is 0. The van der Waals surface area contributed by atoms with E-state index >= 15 is 0 Å². The molecule has 9 heteroatoms. The van der Waals surface area contributed by atoms with E-state index in [1.165, 1.54) is 0 Å². The van der Waals surface area contributed by atoms with Crippen molar-refractivity contribution in [3.05, 3.63) is 22.4 Å². The number of rotatable bonds is 7. The molecule has 0 fully saturated rings. The predicted molar refractivity (Wildman–Crippen MR) is 118 cm³/mol. The van der Waals surface area contributed by atoms with Crippen LogP contribution in [0, 0.1) is 0 Å². The minimum Gasteiger partial charge on any atom is -0.444 e. The minimum atomic E-state index is -1.02. The molecule has 1 rings (SSSR count). The molecule has 1 aromatic heterocycles. The highest BCUT2D eigenvalue weighted by molar-refractivity contribution is 14.0. The standard InChI is InChI=1S/C17H30N4O3S.HI/c1-6-18-14(19-8-9-20-15(22)24-16(2,3)4)21-12-17(5,23)13-7-10-25-11-13;/h7,10-11,23H,6,8-9,12H2,1-5H3,(H,20,22)(H2,18,19,21);1H. The molecule has 0 aliphatic rings. The van der Waals surface area contributed by atoms with Crippen LogP contribution in [0.5, 0.6) is 0 Å². The molecule has 0 saturated heterocycles. The summed E-state index contributed by atoms with van der Waals surface area (Å²) in [6, 6.07) is 1.89. The number of hydrogen-bond donors (Lipinski definition) is 4. The second-order valence-electron chi connectivity index (χ2n) is 6.84. The molecule has 0 aromatic carbocycles. The predicted octanol–water partition coefficient (Wildman–Crippen LogP) is 2.65. The van der Waals surface area contributed by atoms with E-state index in [4.69, 9.17) is 4.74 Å². The van der Waals surface area contributed by atoms with Crippen molar-refractivity contribution in [2.75, 3.05) is 26.2 Å². The lowest BCUT2D eigenvalue weighted by Crippen LogP contribution is -2.43. The maximum absolute atomic E-state index is 11.6. The van der Waals surface area contributed by atoms with Gasteiger partial charge in [-0.15, -0.1) is 24.0 Å². The molecule has 1 aromatic rings. The molecule has 0 aliphatic carbocycles. The summed E-state index contributed by atoms with van der Waals surface area (Å²) in [4.78, 5) is 16.0. The Labute approximate surface area is 177 Å². The first-order chi connectivity index (χ1) is 11.6. The van der Waals surface area contributed by atoms with Gasteiger partial charge in [-0.1, -0.05) is 0 Å². The van der Waals surface area contributed by atoms with Gasteiger partial charge in [0.15, 0.2) is 5.96 Å². The molecule has 7 nitrogen and oxygen atoms in total. The fourth-order valence-corrected chi connectivity index (χ4v) is 2.68. The maximum Gasteiger partial charge on any atom is 0.407 e. The Balaban J connectivity index is 0.00000625. The molecule has 1 unspecified atom stereocenters. The van der Waals surface area contributed by atoms with Gasteiger partial charge in [-0.2, -0.15) is 11.3 Å². The van der Waals surface area contributed by atoms with Crippen molar-refractivity contribution in [1.29, 1.82) is 0 Å². The van der Waals surface area contributed by atoms with Crippen LogP contribution in [0.3, 0.4) is 0 Å². The van der Waals surface area contributed by atoms with E-state index in [1.807, 2.05) is 44.5 Å². The van der Waals surface area contributed by atoms with Crippen LogP contribution in [-0.2, 0) is 10.3 Å². The quantitative estimate of drug-likeness (QED) is 0.201. The third-order valence-electron chi connectivity index (χ3n) is 3.12. The zero-order valence-corrected chi connectivity index (χ0v) is 19.2. The van der Waals surface area contributed by atoms with E-state index in [0.29, 0.717) is 25.6 Å². The Morgan fingerprint density at radius 1 is 1.23 bits per heavy atom. The fraction of sp³-hybridized carbons (Fsp3) is 0.647. The Morgan fingerprint density at radius 2 is 1.88 bits per heavy atom. The molecular formula is C17H31IN4O3S. The van der Waals surface area contributed by atoms with Crippen molar-refractivity contribution in [2.24, 2.45) is 4.99 Å². The number of halogens is 1. The van der Waals surface area contributed by atoms with Crippen LogP contribution in [0.15, 0.2) is 21.8 Å². The number of nitrogens with zero attached hydrogens (tertiary/aromatic N) is 1. The lowest BCUT2D eigenvalue weighted by atomic mass is 10.00. The molecule has 4 N–H and O–H groups in total. The number of carbonyl (C=O) groups is 1. The Hall–Kier alpha value is -1.07. The average Bonchev–Trinajstić information content (AvgIpc) is 3.02. The molecule has 0 bridgehead atoms. The Bertz CT molecular complexity index is 557. The largest absolute Gasteiger partial charge is 0.444 e. The molecule has 0 radical (unpaired) electrons. The number of carbonyl (C=O) groups excluding carboxylic acids is 1. The van der Waals surface area contributed by atoms with E-state index in [0.717, 1.165) is 5.56 Å². The fourth-order valence-electron chi connectivity index (χ4n) is 1.90. The average molecular weight is 498 g/mol. The van der Waals surface area contributed by atoms with Crippen LogP contribution in [0.4, 0.5) is 4.79 Å². The number of aliphatic hydroxyl groups is 1. The van der Waals surface area contributed by atoms with E-state index in [9.17, 15) is 9.90 Å². The van der Waals surface area contributed by atoms with Crippen molar-refractivity contribution in [1.82, 2.24) is 16.0 Å². The van der Waals surface area contributed by atoms with Crippen molar-refractivity contribution >= 4 is 47.4 Å². The number of aliphatic imine (C=N–C) groups is 1. The number of alkyl carbamates (subject to hydrolysis) is 1. The highest BCUT2D eigenvalue weighted by Crippen LogP contribution is 2.23.